The lowest BCUT2D eigenvalue weighted by Crippen LogP contribution is -2.21. The van der Waals surface area contributed by atoms with Crippen LogP contribution in [0, 0.1) is 13.8 Å². The number of nitrogens with two attached hydrogens (primary N) is 1. The number of primary amides is 1. The highest BCUT2D eigenvalue weighted by atomic mass is 16.2. The minimum atomic E-state index is -0.627. The molecule has 0 spiro atoms. The molecule has 1 rings (SSSR count). The zero-order valence-electron chi connectivity index (χ0n) is 8.83. The highest BCUT2D eigenvalue weighted by molar-refractivity contribution is 6.03. The maximum absolute atomic E-state index is 11.3. The summed E-state index contributed by atoms with van der Waals surface area (Å²) in [6, 6.07) is 5.72. The van der Waals surface area contributed by atoms with E-state index in [2.05, 4.69) is 5.32 Å². The molecule has 80 valence electrons. The van der Waals surface area contributed by atoms with Crippen molar-refractivity contribution >= 4 is 17.5 Å². The molecule has 0 radical (unpaired) electrons. The molecular formula is C11H14N2O2. The van der Waals surface area contributed by atoms with Crippen molar-refractivity contribution in [3.05, 3.63) is 29.3 Å². The average molecular weight is 206 g/mol. The second-order valence-corrected chi connectivity index (χ2v) is 3.51. The Hall–Kier alpha value is -1.84. The minimum Gasteiger partial charge on any atom is -0.369 e. The Kier molecular flexibility index (Phi) is 3.44. The first-order chi connectivity index (χ1) is 6.99. The molecule has 2 amide bonds. The van der Waals surface area contributed by atoms with Gasteiger partial charge in [0.1, 0.15) is 6.42 Å². The van der Waals surface area contributed by atoms with Crippen molar-refractivity contribution in [3.8, 4) is 0 Å². The molecule has 0 fully saturated rings. The largest absolute Gasteiger partial charge is 0.369 e. The maximum atomic E-state index is 11.3. The first-order valence-corrected chi connectivity index (χ1v) is 4.64. The second-order valence-electron chi connectivity index (χ2n) is 3.51. The predicted octanol–water partition coefficient (Wildman–Crippen LogP) is 1.12. The summed E-state index contributed by atoms with van der Waals surface area (Å²) in [6.07, 6.45) is -0.284. The predicted molar refractivity (Wildman–Crippen MR) is 58.4 cm³/mol. The van der Waals surface area contributed by atoms with Crippen molar-refractivity contribution < 1.29 is 9.59 Å². The van der Waals surface area contributed by atoms with Crippen molar-refractivity contribution in [2.75, 3.05) is 5.32 Å². The van der Waals surface area contributed by atoms with Crippen LogP contribution in [0.25, 0.3) is 0 Å². The fraction of sp³-hybridized carbons (Fsp3) is 0.273. The van der Waals surface area contributed by atoms with E-state index in [0.29, 0.717) is 0 Å². The van der Waals surface area contributed by atoms with Gasteiger partial charge in [-0.25, -0.2) is 0 Å². The van der Waals surface area contributed by atoms with Gasteiger partial charge in [-0.05, 0) is 31.0 Å². The Balaban J connectivity index is 2.76. The highest BCUT2D eigenvalue weighted by Crippen LogP contribution is 2.16. The number of anilines is 1. The molecule has 0 atom stereocenters. The van der Waals surface area contributed by atoms with Gasteiger partial charge in [0.15, 0.2) is 0 Å². The van der Waals surface area contributed by atoms with E-state index < -0.39 is 5.91 Å². The van der Waals surface area contributed by atoms with Crippen LogP contribution in [0.2, 0.25) is 0 Å². The molecule has 1 aromatic rings. The molecule has 4 heteroatoms. The van der Waals surface area contributed by atoms with E-state index in [9.17, 15) is 9.59 Å². The van der Waals surface area contributed by atoms with Crippen LogP contribution >= 0.6 is 0 Å². The van der Waals surface area contributed by atoms with Crippen LogP contribution in [0.4, 0.5) is 5.69 Å². The van der Waals surface area contributed by atoms with Gasteiger partial charge in [-0.2, -0.15) is 0 Å². The van der Waals surface area contributed by atoms with Crippen molar-refractivity contribution in [2.45, 2.75) is 20.3 Å². The van der Waals surface area contributed by atoms with Crippen molar-refractivity contribution in [2.24, 2.45) is 5.73 Å². The Morgan fingerprint density at radius 3 is 2.60 bits per heavy atom. The molecule has 15 heavy (non-hydrogen) atoms. The standard InChI is InChI=1S/C11H14N2O2/c1-7-3-4-8(2)9(5-7)13-11(15)6-10(12)14/h3-5H,6H2,1-2H3,(H2,12,14)(H,13,15). The molecule has 0 aromatic heterocycles. The Bertz CT molecular complexity index is 400. The number of hydrogen-bond acceptors (Lipinski definition) is 2. The smallest absolute Gasteiger partial charge is 0.233 e. The number of rotatable bonds is 3. The number of carbonyl (C=O) groups is 2. The van der Waals surface area contributed by atoms with E-state index in [4.69, 9.17) is 5.73 Å². The summed E-state index contributed by atoms with van der Waals surface area (Å²) in [4.78, 5) is 21.8. The number of carbonyl (C=O) groups excluding carboxylic acids is 2. The third-order valence-corrected chi connectivity index (χ3v) is 2.00. The fourth-order valence-electron chi connectivity index (χ4n) is 1.22. The van der Waals surface area contributed by atoms with Crippen LogP contribution in [0.1, 0.15) is 17.5 Å². The molecule has 0 saturated heterocycles. The summed E-state index contributed by atoms with van der Waals surface area (Å²) >= 11 is 0. The second kappa shape index (κ2) is 4.59. The topological polar surface area (TPSA) is 72.2 Å². The van der Waals surface area contributed by atoms with Gasteiger partial charge in [-0.15, -0.1) is 0 Å². The summed E-state index contributed by atoms with van der Waals surface area (Å²) in [6.45, 7) is 3.82. The van der Waals surface area contributed by atoms with Crippen molar-refractivity contribution in [1.82, 2.24) is 0 Å². The van der Waals surface area contributed by atoms with E-state index in [1.807, 2.05) is 32.0 Å². The van der Waals surface area contributed by atoms with Crippen molar-refractivity contribution in [3.63, 3.8) is 0 Å². The van der Waals surface area contributed by atoms with Gasteiger partial charge in [-0.1, -0.05) is 12.1 Å². The molecule has 0 aliphatic carbocycles. The fourth-order valence-corrected chi connectivity index (χ4v) is 1.22. The van der Waals surface area contributed by atoms with Crippen LogP contribution in [0.3, 0.4) is 0 Å². The third-order valence-electron chi connectivity index (χ3n) is 2.00. The van der Waals surface area contributed by atoms with Gasteiger partial charge >= 0.3 is 0 Å². The molecular weight excluding hydrogens is 192 g/mol. The number of benzene rings is 1. The molecule has 0 aliphatic rings. The van der Waals surface area contributed by atoms with Crippen LogP contribution in [0.5, 0.6) is 0 Å². The van der Waals surface area contributed by atoms with Gasteiger partial charge in [0.05, 0.1) is 0 Å². The van der Waals surface area contributed by atoms with Gasteiger partial charge < -0.3 is 11.1 Å². The Morgan fingerprint density at radius 2 is 2.00 bits per heavy atom. The highest BCUT2D eigenvalue weighted by Gasteiger charge is 2.07. The number of amides is 2. The van der Waals surface area contributed by atoms with Crippen molar-refractivity contribution in [1.29, 1.82) is 0 Å². The summed E-state index contributed by atoms with van der Waals surface area (Å²) in [7, 11) is 0. The summed E-state index contributed by atoms with van der Waals surface area (Å²) in [5, 5.41) is 2.64. The summed E-state index contributed by atoms with van der Waals surface area (Å²) in [5.41, 5.74) is 7.65. The lowest BCUT2D eigenvalue weighted by Gasteiger charge is -2.08. The molecule has 0 bridgehead atoms. The van der Waals surface area contributed by atoms with Crippen LogP contribution in [-0.2, 0) is 9.59 Å². The van der Waals surface area contributed by atoms with E-state index in [-0.39, 0.29) is 12.3 Å². The number of aryl methyl sites for hydroxylation is 2. The third kappa shape index (κ3) is 3.42. The molecule has 0 aliphatic heterocycles. The minimum absolute atomic E-state index is 0.284. The lowest BCUT2D eigenvalue weighted by molar-refractivity contribution is -0.124. The molecule has 0 saturated carbocycles. The van der Waals surface area contributed by atoms with Gasteiger partial charge in [0.25, 0.3) is 0 Å². The number of hydrogen-bond donors (Lipinski definition) is 2. The molecule has 1 aromatic carbocycles. The quantitative estimate of drug-likeness (QED) is 0.727. The molecule has 4 nitrogen and oxygen atoms in total. The van der Waals surface area contributed by atoms with Crippen LogP contribution in [0.15, 0.2) is 18.2 Å². The van der Waals surface area contributed by atoms with E-state index in [1.165, 1.54) is 0 Å². The normalized spacial score (nSPS) is 9.73. The van der Waals surface area contributed by atoms with Crippen LogP contribution < -0.4 is 11.1 Å². The Morgan fingerprint density at radius 1 is 1.33 bits per heavy atom. The van der Waals surface area contributed by atoms with E-state index >= 15 is 0 Å². The van der Waals surface area contributed by atoms with Gasteiger partial charge in [-0.3, -0.25) is 9.59 Å². The van der Waals surface area contributed by atoms with Gasteiger partial charge in [0.2, 0.25) is 11.8 Å². The van der Waals surface area contributed by atoms with Crippen LogP contribution in [-0.4, -0.2) is 11.8 Å². The summed E-state index contributed by atoms with van der Waals surface area (Å²) < 4.78 is 0. The molecule has 3 N–H and O–H groups in total. The zero-order chi connectivity index (χ0) is 11.4. The zero-order valence-corrected chi connectivity index (χ0v) is 8.83. The van der Waals surface area contributed by atoms with E-state index in [0.717, 1.165) is 16.8 Å². The Labute approximate surface area is 88.5 Å². The number of nitrogens with one attached hydrogen (secondary N) is 1. The first kappa shape index (κ1) is 11.2. The van der Waals surface area contributed by atoms with E-state index in [1.54, 1.807) is 0 Å². The summed E-state index contributed by atoms with van der Waals surface area (Å²) in [5.74, 6) is -1.01. The van der Waals surface area contributed by atoms with Gasteiger partial charge in [0, 0.05) is 5.69 Å². The molecule has 0 heterocycles. The first-order valence-electron chi connectivity index (χ1n) is 4.64. The SMILES string of the molecule is Cc1ccc(C)c(NC(=O)CC(N)=O)c1. The average Bonchev–Trinajstić information content (AvgIpc) is 2.10. The molecule has 0 unspecified atom stereocenters. The maximum Gasteiger partial charge on any atom is 0.233 e. The monoisotopic (exact) mass is 206 g/mol. The lowest BCUT2D eigenvalue weighted by atomic mass is 10.1.